The van der Waals surface area contributed by atoms with E-state index in [9.17, 15) is 13.2 Å². The van der Waals surface area contributed by atoms with Gasteiger partial charge in [0.05, 0.1) is 12.4 Å². The van der Waals surface area contributed by atoms with Crippen molar-refractivity contribution in [1.82, 2.24) is 9.97 Å². The summed E-state index contributed by atoms with van der Waals surface area (Å²) in [6.45, 7) is 1.35. The van der Waals surface area contributed by atoms with Gasteiger partial charge in [0.2, 0.25) is 5.95 Å². The molecule has 116 valence electrons. The van der Waals surface area contributed by atoms with Crippen LogP contribution in [0.4, 0.5) is 19.1 Å². The second-order valence-corrected chi connectivity index (χ2v) is 5.78. The Morgan fingerprint density at radius 1 is 1.14 bits per heavy atom. The van der Waals surface area contributed by atoms with Crippen molar-refractivity contribution in [3.05, 3.63) is 42.2 Å². The average Bonchev–Trinajstić information content (AvgIpc) is 2.68. The van der Waals surface area contributed by atoms with E-state index in [1.165, 1.54) is 4.90 Å². The Bertz CT molecular complexity index is 649. The summed E-state index contributed by atoms with van der Waals surface area (Å²) >= 11 is 1.75. The van der Waals surface area contributed by atoms with Crippen LogP contribution in [-0.4, -0.2) is 28.6 Å². The number of nitrogens with zero attached hydrogens (tertiary/aromatic N) is 3. The van der Waals surface area contributed by atoms with Crippen LogP contribution in [0.2, 0.25) is 0 Å². The molecule has 0 bridgehead atoms. The molecular formula is C14H12F3N3OS. The molecule has 1 aromatic carbocycles. The quantitative estimate of drug-likeness (QED) is 0.844. The van der Waals surface area contributed by atoms with Gasteiger partial charge in [-0.1, -0.05) is 18.2 Å². The van der Waals surface area contributed by atoms with Crippen molar-refractivity contribution in [1.29, 1.82) is 0 Å². The highest BCUT2D eigenvalue weighted by Crippen LogP contribution is 2.29. The summed E-state index contributed by atoms with van der Waals surface area (Å²) in [5.41, 5.74) is 1.16. The number of halogens is 3. The number of anilines is 1. The van der Waals surface area contributed by atoms with Gasteiger partial charge in [0.15, 0.2) is 5.75 Å². The lowest BCUT2D eigenvalue weighted by Crippen LogP contribution is -2.26. The van der Waals surface area contributed by atoms with E-state index in [0.717, 1.165) is 30.3 Å². The molecule has 0 saturated heterocycles. The van der Waals surface area contributed by atoms with Gasteiger partial charge in [-0.25, -0.2) is 9.97 Å². The lowest BCUT2D eigenvalue weighted by Gasteiger charge is -2.20. The second-order valence-electron chi connectivity index (χ2n) is 4.64. The third kappa shape index (κ3) is 3.62. The molecule has 0 spiro atoms. The van der Waals surface area contributed by atoms with Gasteiger partial charge in [-0.15, -0.1) is 24.9 Å². The van der Waals surface area contributed by atoms with E-state index >= 15 is 0 Å². The zero-order chi connectivity index (χ0) is 15.6. The Hall–Kier alpha value is -1.96. The summed E-state index contributed by atoms with van der Waals surface area (Å²) < 4.78 is 40.2. The van der Waals surface area contributed by atoms with Crippen molar-refractivity contribution in [3.8, 4) is 5.75 Å². The second kappa shape index (κ2) is 6.04. The Balaban J connectivity index is 1.77. The minimum absolute atomic E-state index is 0.395. The largest absolute Gasteiger partial charge is 0.573 e. The van der Waals surface area contributed by atoms with Crippen molar-refractivity contribution in [2.24, 2.45) is 0 Å². The molecule has 8 heteroatoms. The van der Waals surface area contributed by atoms with Crippen molar-refractivity contribution >= 4 is 17.7 Å². The number of ether oxygens (including phenoxy) is 1. The highest BCUT2D eigenvalue weighted by molar-refractivity contribution is 7.99. The Kier molecular flexibility index (Phi) is 4.10. The number of hydrogen-bond donors (Lipinski definition) is 0. The molecular weight excluding hydrogens is 315 g/mol. The molecule has 0 N–H and O–H groups in total. The molecule has 0 amide bonds. The van der Waals surface area contributed by atoms with Crippen molar-refractivity contribution in [2.45, 2.75) is 17.8 Å². The standard InChI is InChI=1S/C14H12F3N3OS/c15-14(16,17)21-11-7-18-13(19-8-11)20-5-6-22-12-4-2-1-3-10(12)9-20/h1-4,7-8H,5-6,9H2. The maximum absolute atomic E-state index is 12.1. The fraction of sp³-hybridized carbons (Fsp3) is 0.286. The third-order valence-electron chi connectivity index (χ3n) is 3.08. The predicted molar refractivity (Wildman–Crippen MR) is 76.9 cm³/mol. The normalized spacial score (nSPS) is 15.1. The first-order valence-corrected chi connectivity index (χ1v) is 7.53. The molecule has 2 heterocycles. The molecule has 1 aromatic heterocycles. The van der Waals surface area contributed by atoms with Gasteiger partial charge in [0.1, 0.15) is 0 Å². The molecule has 0 atom stereocenters. The maximum Gasteiger partial charge on any atom is 0.573 e. The summed E-state index contributed by atoms with van der Waals surface area (Å²) in [5, 5.41) is 0. The highest BCUT2D eigenvalue weighted by atomic mass is 32.2. The molecule has 0 aliphatic carbocycles. The number of rotatable bonds is 2. The zero-order valence-corrected chi connectivity index (χ0v) is 12.2. The van der Waals surface area contributed by atoms with E-state index in [1.54, 1.807) is 11.8 Å². The summed E-state index contributed by atoms with van der Waals surface area (Å²) in [6.07, 6.45) is -2.65. The number of alkyl halides is 3. The van der Waals surface area contributed by atoms with Crippen LogP contribution >= 0.6 is 11.8 Å². The Morgan fingerprint density at radius 2 is 1.86 bits per heavy atom. The van der Waals surface area contributed by atoms with Crippen molar-refractivity contribution in [2.75, 3.05) is 17.2 Å². The van der Waals surface area contributed by atoms with Crippen LogP contribution in [-0.2, 0) is 6.54 Å². The summed E-state index contributed by atoms with van der Waals surface area (Å²) in [5.74, 6) is 0.842. The maximum atomic E-state index is 12.1. The number of aromatic nitrogens is 2. The van der Waals surface area contributed by atoms with Crippen LogP contribution in [0.15, 0.2) is 41.6 Å². The van der Waals surface area contributed by atoms with Crippen LogP contribution in [0.1, 0.15) is 5.56 Å². The highest BCUT2D eigenvalue weighted by Gasteiger charge is 2.31. The smallest absolute Gasteiger partial charge is 0.402 e. The molecule has 0 saturated carbocycles. The van der Waals surface area contributed by atoms with Gasteiger partial charge in [-0.2, -0.15) is 0 Å². The van der Waals surface area contributed by atoms with Gasteiger partial charge in [-0.05, 0) is 11.6 Å². The Morgan fingerprint density at radius 3 is 2.59 bits per heavy atom. The lowest BCUT2D eigenvalue weighted by atomic mass is 10.2. The molecule has 0 fully saturated rings. The van der Waals surface area contributed by atoms with Crippen molar-refractivity contribution < 1.29 is 17.9 Å². The van der Waals surface area contributed by atoms with Gasteiger partial charge < -0.3 is 9.64 Å². The van der Waals surface area contributed by atoms with Gasteiger partial charge in [0, 0.05) is 23.7 Å². The first-order chi connectivity index (χ1) is 10.5. The molecule has 22 heavy (non-hydrogen) atoms. The van der Waals surface area contributed by atoms with E-state index < -0.39 is 12.1 Å². The molecule has 1 aliphatic heterocycles. The molecule has 0 radical (unpaired) electrons. The zero-order valence-electron chi connectivity index (χ0n) is 11.4. The average molecular weight is 327 g/mol. The van der Waals surface area contributed by atoms with Gasteiger partial charge >= 0.3 is 6.36 Å². The van der Waals surface area contributed by atoms with Crippen LogP contribution in [0.25, 0.3) is 0 Å². The number of fused-ring (bicyclic) bond motifs is 1. The fourth-order valence-electron chi connectivity index (χ4n) is 2.16. The molecule has 1 aliphatic rings. The number of benzene rings is 1. The van der Waals surface area contributed by atoms with Crippen LogP contribution in [0.3, 0.4) is 0 Å². The van der Waals surface area contributed by atoms with Gasteiger partial charge in [0.25, 0.3) is 0 Å². The van der Waals surface area contributed by atoms with E-state index in [0.29, 0.717) is 12.5 Å². The molecule has 4 nitrogen and oxygen atoms in total. The first-order valence-electron chi connectivity index (χ1n) is 6.55. The molecule has 3 rings (SSSR count). The number of thioether (sulfide) groups is 1. The molecule has 0 unspecified atom stereocenters. The topological polar surface area (TPSA) is 38.2 Å². The number of hydrogen-bond acceptors (Lipinski definition) is 5. The summed E-state index contributed by atoms with van der Waals surface area (Å²) in [6, 6.07) is 8.04. The Labute approximate surface area is 129 Å². The lowest BCUT2D eigenvalue weighted by molar-refractivity contribution is -0.274. The van der Waals surface area contributed by atoms with Gasteiger partial charge in [-0.3, -0.25) is 0 Å². The van der Waals surface area contributed by atoms with Crippen LogP contribution in [0, 0.1) is 0 Å². The SMILES string of the molecule is FC(F)(F)Oc1cnc(N2CCSc3ccccc3C2)nc1. The van der Waals surface area contributed by atoms with E-state index in [-0.39, 0.29) is 0 Å². The molecule has 2 aromatic rings. The van der Waals surface area contributed by atoms with Crippen LogP contribution < -0.4 is 9.64 Å². The monoisotopic (exact) mass is 327 g/mol. The first kappa shape index (κ1) is 15.0. The summed E-state index contributed by atoms with van der Waals surface area (Å²) in [7, 11) is 0. The third-order valence-corrected chi connectivity index (χ3v) is 4.18. The van der Waals surface area contributed by atoms with E-state index in [1.807, 2.05) is 23.1 Å². The minimum atomic E-state index is -4.73. The van der Waals surface area contributed by atoms with Crippen LogP contribution in [0.5, 0.6) is 5.75 Å². The summed E-state index contributed by atoms with van der Waals surface area (Å²) in [4.78, 5) is 11.1. The van der Waals surface area contributed by atoms with E-state index in [2.05, 4.69) is 20.8 Å². The van der Waals surface area contributed by atoms with E-state index in [4.69, 9.17) is 0 Å². The van der Waals surface area contributed by atoms with Crippen molar-refractivity contribution in [3.63, 3.8) is 0 Å². The fourth-order valence-corrected chi connectivity index (χ4v) is 3.18. The minimum Gasteiger partial charge on any atom is -0.402 e. The predicted octanol–water partition coefficient (Wildman–Crippen LogP) is 3.49.